The molecule has 1 atom stereocenters. The van der Waals surface area contributed by atoms with E-state index in [2.05, 4.69) is 34.5 Å². The minimum absolute atomic E-state index is 0.178. The molecule has 32 heavy (non-hydrogen) atoms. The molecule has 0 radical (unpaired) electrons. The second-order valence-corrected chi connectivity index (χ2v) is 10.6. The Bertz CT molecular complexity index is 1270. The van der Waals surface area contributed by atoms with Crippen LogP contribution in [-0.4, -0.2) is 26.2 Å². The molecule has 1 aromatic heterocycles. The van der Waals surface area contributed by atoms with Crippen LogP contribution in [0.3, 0.4) is 0 Å². The lowest BCUT2D eigenvalue weighted by Crippen LogP contribution is -2.08. The first-order valence-electron chi connectivity index (χ1n) is 10.0. The van der Waals surface area contributed by atoms with E-state index in [1.165, 1.54) is 5.56 Å². The van der Waals surface area contributed by atoms with Crippen molar-refractivity contribution in [3.05, 3.63) is 112 Å². The fraction of sp³-hybridized carbons (Fsp3) is 0.125. The fourth-order valence-corrected chi connectivity index (χ4v) is 6.22. The standard InChI is InChI=1S/C24H18Cl2N4S2/c25-17-10-11-22-19(12-17)23(18-8-4-5-9-20(18)26)28-21(24-29-27-15-30(22)24)14-32-31-13-16-6-2-1-3-7-16/h1-12,15,21H,13-14H2. The van der Waals surface area contributed by atoms with Crippen LogP contribution in [0.5, 0.6) is 0 Å². The topological polar surface area (TPSA) is 43.1 Å². The number of aromatic nitrogens is 3. The Kier molecular flexibility index (Phi) is 6.55. The van der Waals surface area contributed by atoms with Crippen LogP contribution in [-0.2, 0) is 5.75 Å². The average Bonchev–Trinajstić information content (AvgIpc) is 3.25. The third-order valence-electron chi connectivity index (χ3n) is 5.14. The van der Waals surface area contributed by atoms with E-state index in [0.717, 1.165) is 39.9 Å². The first-order chi connectivity index (χ1) is 15.7. The molecule has 2 heterocycles. The van der Waals surface area contributed by atoms with Crippen LogP contribution < -0.4 is 0 Å². The van der Waals surface area contributed by atoms with Crippen LogP contribution >= 0.6 is 44.8 Å². The summed E-state index contributed by atoms with van der Waals surface area (Å²) in [4.78, 5) is 5.16. The van der Waals surface area contributed by atoms with Crippen molar-refractivity contribution in [2.75, 3.05) is 5.75 Å². The molecule has 3 aromatic carbocycles. The van der Waals surface area contributed by atoms with Gasteiger partial charge in [0.05, 0.1) is 11.4 Å². The van der Waals surface area contributed by atoms with Gasteiger partial charge >= 0.3 is 0 Å². The molecule has 1 aliphatic heterocycles. The van der Waals surface area contributed by atoms with Gasteiger partial charge in [0.15, 0.2) is 5.82 Å². The van der Waals surface area contributed by atoms with Gasteiger partial charge in [0.1, 0.15) is 12.4 Å². The van der Waals surface area contributed by atoms with Gasteiger partial charge < -0.3 is 0 Å². The van der Waals surface area contributed by atoms with Crippen molar-refractivity contribution < 1.29 is 0 Å². The zero-order valence-corrected chi connectivity index (χ0v) is 20.0. The second-order valence-electron chi connectivity index (χ2n) is 7.23. The predicted octanol–water partition coefficient (Wildman–Crippen LogP) is 7.05. The zero-order valence-electron chi connectivity index (χ0n) is 16.9. The summed E-state index contributed by atoms with van der Waals surface area (Å²) in [5.74, 6) is 2.50. The maximum absolute atomic E-state index is 6.59. The number of fused-ring (bicyclic) bond motifs is 3. The molecule has 0 spiro atoms. The summed E-state index contributed by atoms with van der Waals surface area (Å²) in [7, 11) is 3.60. The van der Waals surface area contributed by atoms with Crippen LogP contribution in [0.2, 0.25) is 10.0 Å². The van der Waals surface area contributed by atoms with Crippen LogP contribution in [0, 0.1) is 0 Å². The van der Waals surface area contributed by atoms with E-state index in [1.807, 2.05) is 63.9 Å². The average molecular weight is 497 g/mol. The molecule has 4 aromatic rings. The fourth-order valence-electron chi connectivity index (χ4n) is 3.62. The van der Waals surface area contributed by atoms with Crippen molar-refractivity contribution in [3.63, 3.8) is 0 Å². The van der Waals surface area contributed by atoms with E-state index in [1.54, 1.807) is 17.1 Å². The number of halogens is 2. The summed E-state index contributed by atoms with van der Waals surface area (Å²) < 4.78 is 2.01. The second kappa shape index (κ2) is 9.71. The highest BCUT2D eigenvalue weighted by Gasteiger charge is 2.27. The number of rotatable bonds is 6. The van der Waals surface area contributed by atoms with Crippen LogP contribution in [0.1, 0.15) is 28.6 Å². The first kappa shape index (κ1) is 21.6. The summed E-state index contributed by atoms with van der Waals surface area (Å²) in [6.07, 6.45) is 1.74. The van der Waals surface area contributed by atoms with E-state index in [-0.39, 0.29) is 6.04 Å². The Morgan fingerprint density at radius 2 is 1.69 bits per heavy atom. The van der Waals surface area contributed by atoms with Gasteiger partial charge in [-0.05, 0) is 29.8 Å². The molecule has 0 bridgehead atoms. The largest absolute Gasteiger partial charge is 0.283 e. The molecule has 8 heteroatoms. The van der Waals surface area contributed by atoms with Gasteiger partial charge in [-0.15, -0.1) is 10.2 Å². The Morgan fingerprint density at radius 3 is 2.53 bits per heavy atom. The van der Waals surface area contributed by atoms with Crippen LogP contribution in [0.25, 0.3) is 5.69 Å². The summed E-state index contributed by atoms with van der Waals surface area (Å²) >= 11 is 13.0. The molecule has 5 rings (SSSR count). The molecule has 1 aliphatic rings. The molecule has 0 N–H and O–H groups in total. The molecule has 4 nitrogen and oxygen atoms in total. The molecule has 0 saturated heterocycles. The van der Waals surface area contributed by atoms with E-state index in [0.29, 0.717) is 10.0 Å². The van der Waals surface area contributed by atoms with Gasteiger partial charge in [0.25, 0.3) is 0 Å². The van der Waals surface area contributed by atoms with Gasteiger partial charge in [0, 0.05) is 32.7 Å². The van der Waals surface area contributed by atoms with Gasteiger partial charge in [-0.1, -0.05) is 93.3 Å². The Labute approximate surface area is 204 Å². The summed E-state index contributed by atoms with van der Waals surface area (Å²) in [6.45, 7) is 0. The summed E-state index contributed by atoms with van der Waals surface area (Å²) in [6, 6.07) is 23.8. The van der Waals surface area contributed by atoms with E-state index in [4.69, 9.17) is 28.2 Å². The summed E-state index contributed by atoms with van der Waals surface area (Å²) in [5.41, 5.74) is 4.85. The van der Waals surface area contributed by atoms with E-state index >= 15 is 0 Å². The van der Waals surface area contributed by atoms with Crippen molar-refractivity contribution >= 4 is 50.5 Å². The lowest BCUT2D eigenvalue weighted by atomic mass is 10.0. The summed E-state index contributed by atoms with van der Waals surface area (Å²) in [5, 5.41) is 9.90. The molecule has 0 amide bonds. The first-order valence-corrected chi connectivity index (χ1v) is 13.3. The van der Waals surface area contributed by atoms with Crippen molar-refractivity contribution in [1.29, 1.82) is 0 Å². The van der Waals surface area contributed by atoms with Crippen molar-refractivity contribution in [2.45, 2.75) is 11.8 Å². The van der Waals surface area contributed by atoms with E-state index in [9.17, 15) is 0 Å². The monoisotopic (exact) mass is 496 g/mol. The van der Waals surface area contributed by atoms with Gasteiger partial charge in [-0.2, -0.15) is 0 Å². The third kappa shape index (κ3) is 4.46. The maximum atomic E-state index is 6.59. The molecule has 0 fully saturated rings. The molecule has 0 aliphatic carbocycles. The highest BCUT2D eigenvalue weighted by molar-refractivity contribution is 8.76. The highest BCUT2D eigenvalue weighted by Crippen LogP contribution is 2.37. The SMILES string of the molecule is Clc1ccc2c(c1)C(c1ccccc1Cl)=NC(CSSCc1ccccc1)c1nncn1-2. The highest BCUT2D eigenvalue weighted by atomic mass is 35.5. The number of nitrogens with zero attached hydrogens (tertiary/aromatic N) is 4. The van der Waals surface area contributed by atoms with Crippen molar-refractivity contribution in [3.8, 4) is 5.69 Å². The van der Waals surface area contributed by atoms with Gasteiger partial charge in [-0.3, -0.25) is 9.56 Å². The van der Waals surface area contributed by atoms with Gasteiger partial charge in [-0.25, -0.2) is 0 Å². The smallest absolute Gasteiger partial charge is 0.163 e. The van der Waals surface area contributed by atoms with Crippen LogP contribution in [0.15, 0.2) is 84.1 Å². The molecular formula is C24H18Cl2N4S2. The molecular weight excluding hydrogens is 479 g/mol. The normalized spacial score (nSPS) is 14.9. The number of hydrogen-bond donors (Lipinski definition) is 0. The number of aliphatic imine (C=N–C) groups is 1. The zero-order chi connectivity index (χ0) is 21.9. The lowest BCUT2D eigenvalue weighted by Gasteiger charge is -2.13. The minimum Gasteiger partial charge on any atom is -0.283 e. The number of benzene rings is 3. The Hall–Kier alpha value is -2.25. The molecule has 0 saturated carbocycles. The van der Waals surface area contributed by atoms with Gasteiger partial charge in [0.2, 0.25) is 0 Å². The maximum Gasteiger partial charge on any atom is 0.163 e. The third-order valence-corrected chi connectivity index (χ3v) is 8.03. The lowest BCUT2D eigenvalue weighted by molar-refractivity contribution is 0.735. The molecule has 1 unspecified atom stereocenters. The van der Waals surface area contributed by atoms with Crippen molar-refractivity contribution in [1.82, 2.24) is 14.8 Å². The number of hydrogen-bond acceptors (Lipinski definition) is 5. The minimum atomic E-state index is -0.178. The van der Waals surface area contributed by atoms with E-state index < -0.39 is 0 Å². The van der Waals surface area contributed by atoms with Crippen LogP contribution in [0.4, 0.5) is 0 Å². The quantitative estimate of drug-likeness (QED) is 0.212. The predicted molar refractivity (Wildman–Crippen MR) is 136 cm³/mol. The Balaban J connectivity index is 1.51. The Morgan fingerprint density at radius 1 is 0.875 bits per heavy atom. The van der Waals surface area contributed by atoms with Crippen molar-refractivity contribution in [2.24, 2.45) is 4.99 Å². The molecule has 160 valence electrons.